The largest absolute Gasteiger partial charge is 0.384 e. The molecule has 0 aliphatic carbocycles. The molecule has 0 aliphatic rings. The Labute approximate surface area is 114 Å². The van der Waals surface area contributed by atoms with Gasteiger partial charge in [-0.1, -0.05) is 36.4 Å². The summed E-state index contributed by atoms with van der Waals surface area (Å²) in [6.45, 7) is 6.09. The first-order valence-electron chi connectivity index (χ1n) is 6.70. The zero-order valence-electron chi connectivity index (χ0n) is 11.5. The Morgan fingerprint density at radius 2 is 1.68 bits per heavy atom. The molecule has 0 saturated carbocycles. The van der Waals surface area contributed by atoms with E-state index in [9.17, 15) is 5.11 Å². The van der Waals surface area contributed by atoms with Crippen molar-refractivity contribution in [2.45, 2.75) is 20.0 Å². The number of pyridine rings is 1. The highest BCUT2D eigenvalue weighted by Crippen LogP contribution is 2.22. The van der Waals surface area contributed by atoms with Crippen molar-refractivity contribution in [3.8, 4) is 0 Å². The van der Waals surface area contributed by atoms with Gasteiger partial charge in [-0.2, -0.15) is 0 Å². The van der Waals surface area contributed by atoms with E-state index in [2.05, 4.69) is 23.7 Å². The molecule has 1 heterocycles. The molecule has 0 radical (unpaired) electrons. The van der Waals surface area contributed by atoms with Crippen LogP contribution in [0.25, 0.3) is 0 Å². The molecule has 0 aliphatic heterocycles. The maximum absolute atomic E-state index is 10.3. The Morgan fingerprint density at radius 1 is 1.00 bits per heavy atom. The van der Waals surface area contributed by atoms with Crippen molar-refractivity contribution >= 4 is 5.82 Å². The number of hydrogen-bond donors (Lipinski definition) is 1. The number of aliphatic hydroxyl groups is 1. The number of aliphatic hydroxyl groups excluding tert-OH is 1. The lowest BCUT2D eigenvalue weighted by Crippen LogP contribution is -2.22. The standard InChI is InChI=1S/C16H20N2O/c1-3-18(4-2)15-11-10-14(12-17-15)16(19)13-8-6-5-7-9-13/h5-12,16,19H,3-4H2,1-2H3/t16-/m0/s1. The lowest BCUT2D eigenvalue weighted by Gasteiger charge is -2.20. The van der Waals surface area contributed by atoms with Gasteiger partial charge in [-0.3, -0.25) is 0 Å². The van der Waals surface area contributed by atoms with E-state index in [1.165, 1.54) is 0 Å². The molecule has 1 aromatic carbocycles. The van der Waals surface area contributed by atoms with Crippen LogP contribution in [0, 0.1) is 0 Å². The van der Waals surface area contributed by atoms with Crippen LogP contribution in [-0.2, 0) is 0 Å². The number of rotatable bonds is 5. The molecular weight excluding hydrogens is 236 g/mol. The van der Waals surface area contributed by atoms with Gasteiger partial charge in [-0.15, -0.1) is 0 Å². The van der Waals surface area contributed by atoms with Gasteiger partial charge in [0.2, 0.25) is 0 Å². The van der Waals surface area contributed by atoms with Gasteiger partial charge in [0.05, 0.1) is 0 Å². The topological polar surface area (TPSA) is 36.4 Å². The van der Waals surface area contributed by atoms with Crippen molar-refractivity contribution in [2.24, 2.45) is 0 Å². The average Bonchev–Trinajstić information content (AvgIpc) is 2.49. The number of aromatic nitrogens is 1. The van der Waals surface area contributed by atoms with Crippen LogP contribution in [0.4, 0.5) is 5.82 Å². The summed E-state index contributed by atoms with van der Waals surface area (Å²) in [6, 6.07) is 13.5. The Kier molecular flexibility index (Phi) is 4.53. The third kappa shape index (κ3) is 3.12. The third-order valence-electron chi connectivity index (χ3n) is 3.29. The van der Waals surface area contributed by atoms with E-state index < -0.39 is 6.10 Å². The summed E-state index contributed by atoms with van der Waals surface area (Å²) in [6.07, 6.45) is 1.14. The van der Waals surface area contributed by atoms with E-state index in [4.69, 9.17) is 0 Å². The predicted molar refractivity (Wildman–Crippen MR) is 78.3 cm³/mol. The smallest absolute Gasteiger partial charge is 0.128 e. The second kappa shape index (κ2) is 6.34. The van der Waals surface area contributed by atoms with Crippen molar-refractivity contribution in [1.29, 1.82) is 0 Å². The molecule has 3 nitrogen and oxygen atoms in total. The van der Waals surface area contributed by atoms with Crippen LogP contribution in [0.15, 0.2) is 48.7 Å². The summed E-state index contributed by atoms with van der Waals surface area (Å²) in [7, 11) is 0. The van der Waals surface area contributed by atoms with Gasteiger partial charge in [-0.05, 0) is 25.5 Å². The van der Waals surface area contributed by atoms with Crippen molar-refractivity contribution < 1.29 is 5.11 Å². The fraction of sp³-hybridized carbons (Fsp3) is 0.312. The highest BCUT2D eigenvalue weighted by molar-refractivity contribution is 5.40. The van der Waals surface area contributed by atoms with Crippen molar-refractivity contribution in [1.82, 2.24) is 4.98 Å². The summed E-state index contributed by atoms with van der Waals surface area (Å²) < 4.78 is 0. The van der Waals surface area contributed by atoms with E-state index >= 15 is 0 Å². The first-order chi connectivity index (χ1) is 9.26. The van der Waals surface area contributed by atoms with Crippen molar-refractivity contribution in [3.05, 3.63) is 59.8 Å². The van der Waals surface area contributed by atoms with Crippen LogP contribution < -0.4 is 4.90 Å². The third-order valence-corrected chi connectivity index (χ3v) is 3.29. The van der Waals surface area contributed by atoms with Crippen LogP contribution in [0.3, 0.4) is 0 Å². The van der Waals surface area contributed by atoms with Gasteiger partial charge in [0, 0.05) is 24.8 Å². The Morgan fingerprint density at radius 3 is 2.21 bits per heavy atom. The summed E-state index contributed by atoms with van der Waals surface area (Å²) in [4.78, 5) is 6.61. The molecule has 1 N–H and O–H groups in total. The second-order valence-electron chi connectivity index (χ2n) is 4.44. The molecule has 3 heteroatoms. The normalized spacial score (nSPS) is 12.2. The number of anilines is 1. The molecule has 0 spiro atoms. The molecule has 0 saturated heterocycles. The number of nitrogens with zero attached hydrogens (tertiary/aromatic N) is 2. The molecule has 0 amide bonds. The molecule has 2 aromatic rings. The Balaban J connectivity index is 2.19. The summed E-state index contributed by atoms with van der Waals surface area (Å²) in [5, 5.41) is 10.3. The van der Waals surface area contributed by atoms with Crippen molar-refractivity contribution in [2.75, 3.05) is 18.0 Å². The number of hydrogen-bond acceptors (Lipinski definition) is 3. The van der Waals surface area contributed by atoms with Crippen molar-refractivity contribution in [3.63, 3.8) is 0 Å². The van der Waals surface area contributed by atoms with Gasteiger partial charge >= 0.3 is 0 Å². The maximum atomic E-state index is 10.3. The monoisotopic (exact) mass is 256 g/mol. The highest BCUT2D eigenvalue weighted by Gasteiger charge is 2.11. The van der Waals surface area contributed by atoms with Gasteiger partial charge < -0.3 is 10.0 Å². The quantitative estimate of drug-likeness (QED) is 0.893. The lowest BCUT2D eigenvalue weighted by molar-refractivity contribution is 0.220. The predicted octanol–water partition coefficient (Wildman–Crippen LogP) is 3.01. The molecule has 2 rings (SSSR count). The molecule has 0 bridgehead atoms. The fourth-order valence-corrected chi connectivity index (χ4v) is 2.12. The summed E-state index contributed by atoms with van der Waals surface area (Å²) >= 11 is 0. The first kappa shape index (κ1) is 13.6. The second-order valence-corrected chi connectivity index (χ2v) is 4.44. The van der Waals surface area contributed by atoms with E-state index in [-0.39, 0.29) is 0 Å². The minimum Gasteiger partial charge on any atom is -0.384 e. The summed E-state index contributed by atoms with van der Waals surface area (Å²) in [5.41, 5.74) is 1.71. The minimum absolute atomic E-state index is 0.612. The van der Waals surface area contributed by atoms with E-state index in [1.54, 1.807) is 6.20 Å². The van der Waals surface area contributed by atoms with Gasteiger partial charge in [-0.25, -0.2) is 4.98 Å². The highest BCUT2D eigenvalue weighted by atomic mass is 16.3. The minimum atomic E-state index is -0.612. The summed E-state index contributed by atoms with van der Waals surface area (Å²) in [5.74, 6) is 0.953. The van der Waals surface area contributed by atoms with Gasteiger partial charge in [0.15, 0.2) is 0 Å². The van der Waals surface area contributed by atoms with Crippen LogP contribution in [0.5, 0.6) is 0 Å². The molecule has 1 aromatic heterocycles. The van der Waals surface area contributed by atoms with E-state index in [1.807, 2.05) is 42.5 Å². The Hall–Kier alpha value is -1.87. The molecular formula is C16H20N2O. The van der Waals surface area contributed by atoms with Gasteiger partial charge in [0.25, 0.3) is 0 Å². The molecule has 0 unspecified atom stereocenters. The van der Waals surface area contributed by atoms with Gasteiger partial charge in [0.1, 0.15) is 11.9 Å². The van der Waals surface area contributed by atoms with E-state index in [0.29, 0.717) is 0 Å². The Bertz CT molecular complexity index is 492. The van der Waals surface area contributed by atoms with Crippen LogP contribution in [0.1, 0.15) is 31.1 Å². The average molecular weight is 256 g/mol. The number of benzene rings is 1. The molecule has 19 heavy (non-hydrogen) atoms. The SMILES string of the molecule is CCN(CC)c1ccc([C@@H](O)c2ccccc2)cn1. The van der Waals surface area contributed by atoms with E-state index in [0.717, 1.165) is 30.0 Å². The molecule has 0 fully saturated rings. The fourth-order valence-electron chi connectivity index (χ4n) is 2.12. The van der Waals surface area contributed by atoms with Crippen LogP contribution in [-0.4, -0.2) is 23.2 Å². The maximum Gasteiger partial charge on any atom is 0.128 e. The first-order valence-corrected chi connectivity index (χ1v) is 6.70. The zero-order valence-corrected chi connectivity index (χ0v) is 11.5. The van der Waals surface area contributed by atoms with Crippen LogP contribution >= 0.6 is 0 Å². The van der Waals surface area contributed by atoms with Crippen LogP contribution in [0.2, 0.25) is 0 Å². The molecule has 100 valence electrons. The zero-order chi connectivity index (χ0) is 13.7. The lowest BCUT2D eigenvalue weighted by atomic mass is 10.0. The molecule has 1 atom stereocenters.